The van der Waals surface area contributed by atoms with Gasteiger partial charge in [-0.1, -0.05) is 0 Å². The molecule has 2 rings (SSSR count). The van der Waals surface area contributed by atoms with Crippen LogP contribution in [0.4, 0.5) is 0 Å². The zero-order chi connectivity index (χ0) is 13.1. The Morgan fingerprint density at radius 3 is 2.41 bits per heavy atom. The lowest BCUT2D eigenvalue weighted by molar-refractivity contribution is -0.237. The maximum Gasteiger partial charge on any atom is 0.341 e. The van der Waals surface area contributed by atoms with Gasteiger partial charge in [0.15, 0.2) is 17.5 Å². The molecule has 0 saturated carbocycles. The maximum atomic E-state index is 11.7. The summed E-state index contributed by atoms with van der Waals surface area (Å²) in [7, 11) is 0. The Kier molecular flexibility index (Phi) is 2.56. The number of carbonyl (C=O) groups excluding carboxylic acids is 1. The third-order valence-electron chi connectivity index (χ3n) is 3.55. The van der Waals surface area contributed by atoms with Crippen molar-refractivity contribution in [3.8, 4) is 0 Å². The predicted molar refractivity (Wildman–Crippen MR) is 56.0 cm³/mol. The van der Waals surface area contributed by atoms with Crippen LogP contribution in [0.15, 0.2) is 0 Å². The normalized spacial score (nSPS) is 48.7. The second kappa shape index (κ2) is 3.41. The van der Waals surface area contributed by atoms with Crippen LogP contribution in [0, 0.1) is 0 Å². The summed E-state index contributed by atoms with van der Waals surface area (Å²) in [6.07, 6.45) is -1.52. The van der Waals surface area contributed by atoms with Gasteiger partial charge in [0.25, 0.3) is 0 Å². The number of fused-ring (bicyclic) bond motifs is 1. The fourth-order valence-corrected chi connectivity index (χ4v) is 2.47. The molecular weight excluding hydrogens is 228 g/mol. The number of aliphatic hydroxyl groups is 2. The van der Waals surface area contributed by atoms with Crippen molar-refractivity contribution in [2.24, 2.45) is 0 Å². The number of ether oxygens (including phenoxy) is 3. The minimum atomic E-state index is -1.81. The van der Waals surface area contributed by atoms with Gasteiger partial charge in [-0.2, -0.15) is 0 Å². The van der Waals surface area contributed by atoms with Crippen LogP contribution in [0.1, 0.15) is 27.7 Å². The van der Waals surface area contributed by atoms with Crippen LogP contribution in [0.3, 0.4) is 0 Å². The number of rotatable bonds is 1. The molecule has 2 heterocycles. The highest BCUT2D eigenvalue weighted by molar-refractivity contribution is 5.82. The van der Waals surface area contributed by atoms with Crippen LogP contribution in [0.5, 0.6) is 0 Å². The molecule has 6 nitrogen and oxygen atoms in total. The van der Waals surface area contributed by atoms with Gasteiger partial charge >= 0.3 is 5.97 Å². The summed E-state index contributed by atoms with van der Waals surface area (Å²) in [5, 5.41) is 19.5. The number of carbonyl (C=O) groups is 1. The number of hydrogen-bond acceptors (Lipinski definition) is 6. The van der Waals surface area contributed by atoms with E-state index < -0.39 is 35.2 Å². The minimum Gasteiger partial charge on any atom is -0.455 e. The molecule has 98 valence electrons. The van der Waals surface area contributed by atoms with E-state index >= 15 is 0 Å². The summed E-state index contributed by atoms with van der Waals surface area (Å²) >= 11 is 0. The van der Waals surface area contributed by atoms with Crippen molar-refractivity contribution in [1.82, 2.24) is 0 Å². The zero-order valence-electron chi connectivity index (χ0n) is 10.4. The fourth-order valence-electron chi connectivity index (χ4n) is 2.47. The summed E-state index contributed by atoms with van der Waals surface area (Å²) in [5.41, 5.74) is -3.05. The number of aliphatic hydroxyl groups excluding tert-OH is 1. The lowest BCUT2D eigenvalue weighted by Crippen LogP contribution is -2.69. The van der Waals surface area contributed by atoms with Gasteiger partial charge in [-0.25, -0.2) is 4.79 Å². The second-order valence-electron chi connectivity index (χ2n) is 5.35. The smallest absolute Gasteiger partial charge is 0.341 e. The molecule has 2 aliphatic rings. The molecule has 0 aromatic carbocycles. The molecule has 4 atom stereocenters. The molecule has 17 heavy (non-hydrogen) atoms. The largest absolute Gasteiger partial charge is 0.455 e. The average Bonchev–Trinajstić information content (AvgIpc) is 2.45. The molecule has 0 amide bonds. The standard InChI is InChI=1S/C11H18O6/c1-9(2)16-7-6(5-12)15-8(13)10(3,14)11(7,4)17-9/h6-7,12,14H,5H2,1-4H3/t6-,7-,10+,11-/m1/s1. The van der Waals surface area contributed by atoms with Crippen molar-refractivity contribution >= 4 is 5.97 Å². The molecule has 0 aromatic heterocycles. The van der Waals surface area contributed by atoms with Crippen molar-refractivity contribution in [2.45, 2.75) is 56.9 Å². The van der Waals surface area contributed by atoms with Gasteiger partial charge in [0.2, 0.25) is 0 Å². The van der Waals surface area contributed by atoms with E-state index in [1.54, 1.807) is 20.8 Å². The van der Waals surface area contributed by atoms with Crippen molar-refractivity contribution in [3.63, 3.8) is 0 Å². The lowest BCUT2D eigenvalue weighted by Gasteiger charge is -2.46. The molecule has 2 fully saturated rings. The van der Waals surface area contributed by atoms with Crippen LogP contribution >= 0.6 is 0 Å². The Morgan fingerprint density at radius 2 is 1.88 bits per heavy atom. The predicted octanol–water partition coefficient (Wildman–Crippen LogP) is -0.435. The highest BCUT2D eigenvalue weighted by Crippen LogP contribution is 2.47. The van der Waals surface area contributed by atoms with E-state index in [1.807, 2.05) is 0 Å². The van der Waals surface area contributed by atoms with E-state index in [1.165, 1.54) is 6.92 Å². The van der Waals surface area contributed by atoms with Gasteiger partial charge in [0.1, 0.15) is 11.7 Å². The Bertz CT molecular complexity index is 350. The minimum absolute atomic E-state index is 0.373. The summed E-state index contributed by atoms with van der Waals surface area (Å²) in [6, 6.07) is 0. The second-order valence-corrected chi connectivity index (χ2v) is 5.35. The fraction of sp³-hybridized carbons (Fsp3) is 0.909. The van der Waals surface area contributed by atoms with Gasteiger partial charge < -0.3 is 24.4 Å². The third kappa shape index (κ3) is 1.59. The van der Waals surface area contributed by atoms with Gasteiger partial charge in [-0.3, -0.25) is 0 Å². The van der Waals surface area contributed by atoms with E-state index in [-0.39, 0.29) is 6.61 Å². The molecule has 0 spiro atoms. The topological polar surface area (TPSA) is 85.2 Å². The Morgan fingerprint density at radius 1 is 1.29 bits per heavy atom. The Labute approximate surface area is 99.5 Å². The third-order valence-corrected chi connectivity index (χ3v) is 3.55. The van der Waals surface area contributed by atoms with E-state index in [0.29, 0.717) is 0 Å². The number of cyclic esters (lactones) is 1. The first kappa shape index (κ1) is 12.8. The molecule has 0 unspecified atom stereocenters. The van der Waals surface area contributed by atoms with Crippen molar-refractivity contribution in [1.29, 1.82) is 0 Å². The number of esters is 1. The molecule has 2 N–H and O–H groups in total. The molecule has 0 radical (unpaired) electrons. The summed E-state index contributed by atoms with van der Waals surface area (Å²) in [4.78, 5) is 11.7. The maximum absolute atomic E-state index is 11.7. The molecule has 6 heteroatoms. The van der Waals surface area contributed by atoms with E-state index in [2.05, 4.69) is 0 Å². The van der Waals surface area contributed by atoms with Crippen LogP contribution in [0.2, 0.25) is 0 Å². The number of hydrogen-bond donors (Lipinski definition) is 2. The van der Waals surface area contributed by atoms with Crippen LogP contribution in [-0.4, -0.2) is 52.0 Å². The van der Waals surface area contributed by atoms with Gasteiger partial charge in [-0.15, -0.1) is 0 Å². The Balaban J connectivity index is 2.45. The summed E-state index contributed by atoms with van der Waals surface area (Å²) in [6.45, 7) is 5.93. The highest BCUT2D eigenvalue weighted by atomic mass is 16.8. The van der Waals surface area contributed by atoms with E-state index in [0.717, 1.165) is 0 Å². The average molecular weight is 246 g/mol. The van der Waals surface area contributed by atoms with Gasteiger partial charge in [0.05, 0.1) is 6.61 Å². The molecule has 0 aliphatic carbocycles. The molecule has 2 saturated heterocycles. The molecule has 0 aromatic rings. The van der Waals surface area contributed by atoms with Crippen LogP contribution in [-0.2, 0) is 19.0 Å². The quantitative estimate of drug-likeness (QED) is 0.610. The van der Waals surface area contributed by atoms with Gasteiger partial charge in [-0.05, 0) is 27.7 Å². The molecule has 0 bridgehead atoms. The monoisotopic (exact) mass is 246 g/mol. The molecule has 2 aliphatic heterocycles. The SMILES string of the molecule is CC1(C)O[C@@H]2[C@@H](CO)OC(=O)[C@](C)(O)[C@]2(C)O1. The molecular formula is C11H18O6. The summed E-state index contributed by atoms with van der Waals surface area (Å²) < 4.78 is 16.3. The zero-order valence-corrected chi connectivity index (χ0v) is 10.4. The van der Waals surface area contributed by atoms with Crippen molar-refractivity contribution in [3.05, 3.63) is 0 Å². The van der Waals surface area contributed by atoms with Crippen LogP contribution in [0.25, 0.3) is 0 Å². The first-order valence-electron chi connectivity index (χ1n) is 5.56. The summed E-state index contributed by atoms with van der Waals surface area (Å²) in [5.74, 6) is -1.75. The van der Waals surface area contributed by atoms with Gasteiger partial charge in [0, 0.05) is 0 Å². The first-order chi connectivity index (χ1) is 7.64. The first-order valence-corrected chi connectivity index (χ1v) is 5.56. The van der Waals surface area contributed by atoms with Crippen LogP contribution < -0.4 is 0 Å². The highest BCUT2D eigenvalue weighted by Gasteiger charge is 2.68. The lowest BCUT2D eigenvalue weighted by atomic mass is 9.77. The van der Waals surface area contributed by atoms with E-state index in [4.69, 9.17) is 14.2 Å². The van der Waals surface area contributed by atoms with Crippen molar-refractivity contribution < 1.29 is 29.2 Å². The van der Waals surface area contributed by atoms with Crippen molar-refractivity contribution in [2.75, 3.05) is 6.61 Å². The van der Waals surface area contributed by atoms with E-state index in [9.17, 15) is 15.0 Å². The Hall–Kier alpha value is -0.690.